The highest BCUT2D eigenvalue weighted by atomic mass is 35.5. The molecule has 0 spiro atoms. The molecule has 0 saturated heterocycles. The highest BCUT2D eigenvalue weighted by molar-refractivity contribution is 6.30. The number of hydrogen-bond donors (Lipinski definition) is 1. The highest BCUT2D eigenvalue weighted by Gasteiger charge is 2.11. The number of hydrogen-bond acceptors (Lipinski definition) is 3. The lowest BCUT2D eigenvalue weighted by molar-refractivity contribution is -0.120. The van der Waals surface area contributed by atoms with Gasteiger partial charge in [-0.25, -0.2) is 0 Å². The van der Waals surface area contributed by atoms with Crippen molar-refractivity contribution in [1.82, 2.24) is 5.32 Å². The summed E-state index contributed by atoms with van der Waals surface area (Å²) in [6.07, 6.45) is 1.61. The molecule has 0 aliphatic carbocycles. The third-order valence-electron chi connectivity index (χ3n) is 2.99. The fraction of sp³-hybridized carbons (Fsp3) is 0.312. The number of benzene rings is 1. The number of carbonyl (C=O) groups is 1. The van der Waals surface area contributed by atoms with E-state index in [-0.39, 0.29) is 5.91 Å². The summed E-state index contributed by atoms with van der Waals surface area (Å²) in [5.41, 5.74) is 1.99. The van der Waals surface area contributed by atoms with Crippen molar-refractivity contribution < 1.29 is 13.9 Å². The monoisotopic (exact) mass is 307 g/mol. The van der Waals surface area contributed by atoms with Gasteiger partial charge in [0.05, 0.1) is 6.26 Å². The second kappa shape index (κ2) is 7.18. The largest absolute Gasteiger partial charge is 0.485 e. The van der Waals surface area contributed by atoms with E-state index in [2.05, 4.69) is 5.32 Å². The molecule has 4 nitrogen and oxygen atoms in total. The Kier molecular flexibility index (Phi) is 5.28. The second-order valence-electron chi connectivity index (χ2n) is 4.81. The van der Waals surface area contributed by atoms with E-state index in [1.807, 2.05) is 37.3 Å². The number of rotatable bonds is 6. The molecule has 1 aromatic heterocycles. The van der Waals surface area contributed by atoms with E-state index in [0.717, 1.165) is 22.6 Å². The van der Waals surface area contributed by atoms with Crippen molar-refractivity contribution in [2.24, 2.45) is 0 Å². The van der Waals surface area contributed by atoms with E-state index in [0.29, 0.717) is 13.2 Å². The summed E-state index contributed by atoms with van der Waals surface area (Å²) >= 11 is 5.73. The van der Waals surface area contributed by atoms with E-state index in [1.54, 1.807) is 13.2 Å². The molecule has 1 aromatic carbocycles. The van der Waals surface area contributed by atoms with Gasteiger partial charge < -0.3 is 14.5 Å². The molecule has 0 saturated carbocycles. The average molecular weight is 308 g/mol. The second-order valence-corrected chi connectivity index (χ2v) is 5.47. The number of halogens is 1. The third kappa shape index (κ3) is 4.53. The number of carbonyl (C=O) groups excluding carboxylic acids is 1. The lowest BCUT2D eigenvalue weighted by Gasteiger charge is -2.13. The molecule has 1 amide bonds. The summed E-state index contributed by atoms with van der Waals surface area (Å²) in [4.78, 5) is 11.5. The van der Waals surface area contributed by atoms with Crippen LogP contribution in [0.5, 0.6) is 5.75 Å². The fourth-order valence-corrected chi connectivity index (χ4v) is 1.89. The first-order valence-electron chi connectivity index (χ1n) is 6.73. The van der Waals surface area contributed by atoms with Gasteiger partial charge in [0.25, 0.3) is 0 Å². The Labute approximate surface area is 129 Å². The van der Waals surface area contributed by atoms with Crippen molar-refractivity contribution in [1.29, 1.82) is 0 Å². The number of alkyl halides is 1. The van der Waals surface area contributed by atoms with Crippen molar-refractivity contribution in [3.63, 3.8) is 0 Å². The van der Waals surface area contributed by atoms with Crippen molar-refractivity contribution in [3.05, 3.63) is 53.5 Å². The molecule has 2 aromatic rings. The zero-order chi connectivity index (χ0) is 15.2. The molecule has 0 bridgehead atoms. The minimum atomic E-state index is -0.553. The normalized spacial score (nSPS) is 12.0. The summed E-state index contributed by atoms with van der Waals surface area (Å²) < 4.78 is 11.0. The van der Waals surface area contributed by atoms with Crippen LogP contribution in [0.4, 0.5) is 0 Å². The molecule has 1 unspecified atom stereocenters. The first-order valence-corrected chi connectivity index (χ1v) is 7.16. The zero-order valence-electron chi connectivity index (χ0n) is 12.1. The van der Waals surface area contributed by atoms with Gasteiger partial charge in [-0.1, -0.05) is 12.1 Å². The maximum Gasteiger partial charge on any atom is 0.238 e. The minimum Gasteiger partial charge on any atom is -0.485 e. The SMILES string of the molecule is Cc1ccc(CNC(=O)C(C)Cl)c(OCc2ccco2)c1. The Balaban J connectivity index is 2.04. The van der Waals surface area contributed by atoms with Crippen LogP contribution < -0.4 is 10.1 Å². The van der Waals surface area contributed by atoms with Gasteiger partial charge in [-0.3, -0.25) is 4.79 Å². The lowest BCUT2D eigenvalue weighted by Crippen LogP contribution is -2.29. The summed E-state index contributed by atoms with van der Waals surface area (Å²) in [7, 11) is 0. The van der Waals surface area contributed by atoms with Crippen LogP contribution in [0.1, 0.15) is 23.8 Å². The standard InChI is InChI=1S/C16H18ClNO3/c1-11-5-6-13(9-18-16(19)12(2)17)15(8-11)21-10-14-4-3-7-20-14/h3-8,12H,9-10H2,1-2H3,(H,18,19). The van der Waals surface area contributed by atoms with Crippen LogP contribution in [0, 0.1) is 6.92 Å². The molecule has 112 valence electrons. The minimum absolute atomic E-state index is 0.200. The zero-order valence-corrected chi connectivity index (χ0v) is 12.8. The number of nitrogens with one attached hydrogen (secondary N) is 1. The Morgan fingerprint density at radius 2 is 2.24 bits per heavy atom. The molecular weight excluding hydrogens is 290 g/mol. The van der Waals surface area contributed by atoms with Crippen LogP contribution in [-0.2, 0) is 17.9 Å². The number of amides is 1. The van der Waals surface area contributed by atoms with Crippen molar-refractivity contribution >= 4 is 17.5 Å². The molecule has 1 heterocycles. The molecule has 2 rings (SSSR count). The quantitative estimate of drug-likeness (QED) is 0.832. The Bertz CT molecular complexity index is 594. The molecule has 1 atom stereocenters. The van der Waals surface area contributed by atoms with Crippen LogP contribution in [-0.4, -0.2) is 11.3 Å². The summed E-state index contributed by atoms with van der Waals surface area (Å²) in [5.74, 6) is 1.28. The lowest BCUT2D eigenvalue weighted by atomic mass is 10.1. The Morgan fingerprint density at radius 1 is 1.43 bits per heavy atom. The molecule has 0 aliphatic heterocycles. The summed E-state index contributed by atoms with van der Waals surface area (Å²) in [5, 5.41) is 2.22. The van der Waals surface area contributed by atoms with Crippen molar-refractivity contribution in [3.8, 4) is 5.75 Å². The van der Waals surface area contributed by atoms with Gasteiger partial charge in [-0.2, -0.15) is 0 Å². The molecular formula is C16H18ClNO3. The summed E-state index contributed by atoms with van der Waals surface area (Å²) in [6, 6.07) is 9.52. The van der Waals surface area contributed by atoms with E-state index in [4.69, 9.17) is 20.8 Å². The van der Waals surface area contributed by atoms with Crippen LogP contribution in [0.2, 0.25) is 0 Å². The molecule has 0 fully saturated rings. The molecule has 0 aliphatic rings. The van der Waals surface area contributed by atoms with Gasteiger partial charge in [0.1, 0.15) is 23.5 Å². The van der Waals surface area contributed by atoms with Crippen molar-refractivity contribution in [2.45, 2.75) is 32.4 Å². The van der Waals surface area contributed by atoms with E-state index in [9.17, 15) is 4.79 Å². The van der Waals surface area contributed by atoms with Crippen molar-refractivity contribution in [2.75, 3.05) is 0 Å². The van der Waals surface area contributed by atoms with Gasteiger partial charge >= 0.3 is 0 Å². The first kappa shape index (κ1) is 15.4. The number of aryl methyl sites for hydroxylation is 1. The topological polar surface area (TPSA) is 51.5 Å². The molecule has 5 heteroatoms. The van der Waals surface area contributed by atoms with Gasteiger partial charge in [0, 0.05) is 12.1 Å². The van der Waals surface area contributed by atoms with E-state index >= 15 is 0 Å². The smallest absolute Gasteiger partial charge is 0.238 e. The predicted octanol–water partition coefficient (Wildman–Crippen LogP) is 3.41. The van der Waals surface area contributed by atoms with Crippen LogP contribution in [0.15, 0.2) is 41.0 Å². The molecule has 1 N–H and O–H groups in total. The van der Waals surface area contributed by atoms with Crippen LogP contribution in [0.3, 0.4) is 0 Å². The molecule has 0 radical (unpaired) electrons. The molecule has 21 heavy (non-hydrogen) atoms. The predicted molar refractivity (Wildman–Crippen MR) is 81.4 cm³/mol. The van der Waals surface area contributed by atoms with E-state index in [1.165, 1.54) is 0 Å². The maximum absolute atomic E-state index is 11.5. The Morgan fingerprint density at radius 3 is 2.90 bits per heavy atom. The number of furan rings is 1. The number of ether oxygens (including phenoxy) is 1. The highest BCUT2D eigenvalue weighted by Crippen LogP contribution is 2.21. The maximum atomic E-state index is 11.5. The van der Waals surface area contributed by atoms with Gasteiger partial charge in [0.2, 0.25) is 5.91 Å². The average Bonchev–Trinajstić information content (AvgIpc) is 2.96. The van der Waals surface area contributed by atoms with Crippen LogP contribution in [0.25, 0.3) is 0 Å². The Hall–Kier alpha value is -1.94. The summed E-state index contributed by atoms with van der Waals surface area (Å²) in [6.45, 7) is 4.36. The van der Waals surface area contributed by atoms with Gasteiger partial charge in [0.15, 0.2) is 0 Å². The van der Waals surface area contributed by atoms with Crippen LogP contribution >= 0.6 is 11.6 Å². The third-order valence-corrected chi connectivity index (χ3v) is 3.19. The van der Waals surface area contributed by atoms with Gasteiger partial charge in [-0.05, 0) is 37.6 Å². The van der Waals surface area contributed by atoms with Gasteiger partial charge in [-0.15, -0.1) is 11.6 Å². The van der Waals surface area contributed by atoms with E-state index < -0.39 is 5.38 Å². The first-order chi connectivity index (χ1) is 10.1. The fourth-order valence-electron chi connectivity index (χ4n) is 1.81.